The SMILES string of the molecule is O=C(c1ccc([N+](=O)[O-])cc1)N(Cc1ccc(Cl)cc1)N1C(=O)[C@@H]2[C@@H](C1=O)[C@@]1(Cl)C(Cl)=C(Cl)[C@@]2(Cl)C1(Cl)Cl. The van der Waals surface area contributed by atoms with Crippen molar-refractivity contribution in [1.82, 2.24) is 10.0 Å². The Kier molecular flexibility index (Phi) is 6.67. The largest absolute Gasteiger partial charge is 0.273 e. The molecule has 2 fully saturated rings. The molecule has 0 N–H and O–H groups in total. The highest BCUT2D eigenvalue weighted by molar-refractivity contribution is 6.66. The van der Waals surface area contributed by atoms with Crippen LogP contribution in [0.5, 0.6) is 0 Å². The van der Waals surface area contributed by atoms with Crippen LogP contribution in [-0.4, -0.2) is 46.7 Å². The second-order valence-electron chi connectivity index (χ2n) is 8.86. The molecule has 0 radical (unpaired) electrons. The third-order valence-electron chi connectivity index (χ3n) is 6.93. The molecule has 1 saturated carbocycles. The molecule has 0 aromatic heterocycles. The van der Waals surface area contributed by atoms with Crippen molar-refractivity contribution < 1.29 is 19.3 Å². The number of amides is 3. The Morgan fingerprint density at radius 1 is 0.868 bits per heavy atom. The summed E-state index contributed by atoms with van der Waals surface area (Å²) in [5, 5.41) is 12.5. The number of hydrogen-bond acceptors (Lipinski definition) is 5. The minimum Gasteiger partial charge on any atom is -0.272 e. The number of nitro benzene ring substituents is 1. The number of hydrogen-bond donors (Lipinski definition) is 0. The molecule has 0 unspecified atom stereocenters. The number of non-ortho nitro benzene ring substituents is 1. The summed E-state index contributed by atoms with van der Waals surface area (Å²) in [6.45, 7) is -0.268. The molecule has 1 saturated heterocycles. The maximum Gasteiger partial charge on any atom is 0.273 e. The third kappa shape index (κ3) is 3.48. The van der Waals surface area contributed by atoms with Crippen molar-refractivity contribution in [3.05, 3.63) is 84.9 Å². The van der Waals surface area contributed by atoms with Gasteiger partial charge >= 0.3 is 0 Å². The Hall–Kier alpha value is -1.78. The zero-order chi connectivity index (χ0) is 27.9. The number of carbonyl (C=O) groups is 3. The van der Waals surface area contributed by atoms with Gasteiger partial charge in [-0.1, -0.05) is 70.1 Å². The van der Waals surface area contributed by atoms with E-state index in [1.807, 2.05) is 0 Å². The van der Waals surface area contributed by atoms with Crippen LogP contribution in [0.2, 0.25) is 5.02 Å². The predicted octanol–water partition coefficient (Wildman–Crippen LogP) is 6.25. The lowest BCUT2D eigenvalue weighted by Gasteiger charge is -2.37. The lowest BCUT2D eigenvalue weighted by molar-refractivity contribution is -0.384. The predicted molar refractivity (Wildman–Crippen MR) is 144 cm³/mol. The van der Waals surface area contributed by atoms with Crippen molar-refractivity contribution >= 4 is 105 Å². The number of carbonyl (C=O) groups excluding carboxylic acids is 3. The first kappa shape index (κ1) is 27.8. The van der Waals surface area contributed by atoms with Crippen molar-refractivity contribution in [2.75, 3.05) is 0 Å². The smallest absolute Gasteiger partial charge is 0.272 e. The number of halogens is 7. The van der Waals surface area contributed by atoms with Crippen molar-refractivity contribution in [1.29, 1.82) is 0 Å². The van der Waals surface area contributed by atoms with Crippen molar-refractivity contribution in [2.45, 2.75) is 20.6 Å². The Balaban J connectivity index is 1.60. The quantitative estimate of drug-likeness (QED) is 0.164. The van der Waals surface area contributed by atoms with Gasteiger partial charge in [0.25, 0.3) is 23.4 Å². The molecule has 198 valence electrons. The monoisotopic (exact) mass is 655 g/mol. The molecular weight excluding hydrogens is 646 g/mol. The second kappa shape index (κ2) is 9.13. The van der Waals surface area contributed by atoms with E-state index in [-0.39, 0.29) is 27.9 Å². The van der Waals surface area contributed by atoms with Crippen LogP contribution in [0, 0.1) is 22.0 Å². The molecule has 3 amide bonds. The molecular formula is C23H12Cl7N3O5. The first-order valence-corrected chi connectivity index (χ1v) is 13.3. The van der Waals surface area contributed by atoms with Crippen LogP contribution in [-0.2, 0) is 16.1 Å². The van der Waals surface area contributed by atoms with E-state index in [0.717, 1.165) is 17.1 Å². The number of alkyl halides is 4. The zero-order valence-electron chi connectivity index (χ0n) is 18.5. The van der Waals surface area contributed by atoms with Gasteiger partial charge in [-0.3, -0.25) is 24.5 Å². The summed E-state index contributed by atoms with van der Waals surface area (Å²) in [4.78, 5) is 47.7. The Bertz CT molecular complexity index is 1400. The molecule has 8 nitrogen and oxygen atoms in total. The van der Waals surface area contributed by atoms with Gasteiger partial charge in [0.2, 0.25) is 0 Å². The Morgan fingerprint density at radius 2 is 1.34 bits per heavy atom. The summed E-state index contributed by atoms with van der Waals surface area (Å²) in [7, 11) is 0. The number of fused-ring (bicyclic) bond motifs is 5. The molecule has 2 aliphatic carbocycles. The van der Waals surface area contributed by atoms with Gasteiger partial charge in [-0.2, -0.15) is 5.01 Å². The van der Waals surface area contributed by atoms with E-state index in [2.05, 4.69) is 0 Å². The number of imide groups is 1. The van der Waals surface area contributed by atoms with E-state index in [1.165, 1.54) is 12.1 Å². The number of nitrogens with zero attached hydrogens (tertiary/aromatic N) is 3. The fraction of sp³-hybridized carbons (Fsp3) is 0.261. The molecule has 15 heteroatoms. The summed E-state index contributed by atoms with van der Waals surface area (Å²) in [6, 6.07) is 11.0. The van der Waals surface area contributed by atoms with Crippen LogP contribution in [0.3, 0.4) is 0 Å². The van der Waals surface area contributed by atoms with E-state index in [4.69, 9.17) is 81.2 Å². The van der Waals surface area contributed by atoms with Gasteiger partial charge in [-0.25, -0.2) is 5.01 Å². The topological polar surface area (TPSA) is 101 Å². The average Bonchev–Trinajstić information content (AvgIpc) is 3.26. The summed E-state index contributed by atoms with van der Waals surface area (Å²) in [6.07, 6.45) is 0. The third-order valence-corrected chi connectivity index (χ3v) is 11.4. The highest BCUT2D eigenvalue weighted by Gasteiger charge is 2.88. The van der Waals surface area contributed by atoms with Crippen molar-refractivity contribution in [3.8, 4) is 0 Å². The Labute approximate surface area is 250 Å². The highest BCUT2D eigenvalue weighted by Crippen LogP contribution is 2.77. The van der Waals surface area contributed by atoms with Crippen molar-refractivity contribution in [3.63, 3.8) is 0 Å². The van der Waals surface area contributed by atoms with Crippen LogP contribution in [0.1, 0.15) is 15.9 Å². The fourth-order valence-electron chi connectivity index (χ4n) is 5.09. The van der Waals surface area contributed by atoms with E-state index in [0.29, 0.717) is 15.6 Å². The molecule has 38 heavy (non-hydrogen) atoms. The highest BCUT2D eigenvalue weighted by atomic mass is 35.5. The number of allylic oxidation sites excluding steroid dienone is 2. The van der Waals surface area contributed by atoms with E-state index in [9.17, 15) is 24.5 Å². The summed E-state index contributed by atoms with van der Waals surface area (Å²) >= 11 is 45.3. The zero-order valence-corrected chi connectivity index (χ0v) is 23.8. The van der Waals surface area contributed by atoms with Gasteiger partial charge in [-0.15, -0.1) is 23.2 Å². The molecule has 0 spiro atoms. The molecule has 2 bridgehead atoms. The maximum atomic E-state index is 13.9. The molecule has 2 aromatic rings. The number of hydrazine groups is 1. The van der Waals surface area contributed by atoms with Gasteiger partial charge in [0.1, 0.15) is 9.75 Å². The van der Waals surface area contributed by atoms with Crippen LogP contribution < -0.4 is 0 Å². The molecule has 1 heterocycles. The van der Waals surface area contributed by atoms with Crippen LogP contribution in [0.25, 0.3) is 0 Å². The van der Waals surface area contributed by atoms with E-state index in [1.54, 1.807) is 24.3 Å². The number of rotatable bonds is 5. The van der Waals surface area contributed by atoms with Gasteiger partial charge in [-0.05, 0) is 29.8 Å². The molecule has 2 aromatic carbocycles. The fourth-order valence-corrected chi connectivity index (χ4v) is 8.14. The standard InChI is InChI=1S/C23H12Cl7N3O5/c24-12-5-1-10(2-6-12)9-31(18(34)11-3-7-13(8-4-11)33(37)38)32-19(35)14-15(20(32)36)22(28)17(26)16(25)21(14,27)23(22,29)30/h1-8,14-15H,9H2/t14-,15-,21+,22+/m0/s1. The number of nitro groups is 1. The van der Waals surface area contributed by atoms with Crippen LogP contribution in [0.4, 0.5) is 5.69 Å². The summed E-state index contributed by atoms with van der Waals surface area (Å²) in [5.74, 6) is -5.55. The first-order valence-electron chi connectivity index (χ1n) is 10.7. The van der Waals surface area contributed by atoms with E-state index < -0.39 is 48.6 Å². The lowest BCUT2D eigenvalue weighted by Crippen LogP contribution is -2.55. The minimum atomic E-state index is -2.13. The van der Waals surface area contributed by atoms with Gasteiger partial charge < -0.3 is 0 Å². The lowest BCUT2D eigenvalue weighted by atomic mass is 9.84. The molecule has 4 atom stereocenters. The van der Waals surface area contributed by atoms with Gasteiger partial charge in [0.15, 0.2) is 4.33 Å². The summed E-state index contributed by atoms with van der Waals surface area (Å²) < 4.78 is -2.13. The van der Waals surface area contributed by atoms with E-state index >= 15 is 0 Å². The number of benzene rings is 2. The Morgan fingerprint density at radius 3 is 1.79 bits per heavy atom. The summed E-state index contributed by atoms with van der Waals surface area (Å²) in [5.41, 5.74) is 0.212. The minimum absolute atomic E-state index is 0.0374. The van der Waals surface area contributed by atoms with Crippen LogP contribution in [0.15, 0.2) is 58.6 Å². The van der Waals surface area contributed by atoms with Crippen LogP contribution >= 0.6 is 81.2 Å². The van der Waals surface area contributed by atoms with Gasteiger partial charge in [0.05, 0.1) is 33.4 Å². The molecule has 1 aliphatic heterocycles. The molecule has 5 rings (SSSR count). The van der Waals surface area contributed by atoms with Crippen molar-refractivity contribution in [2.24, 2.45) is 11.8 Å². The van der Waals surface area contributed by atoms with Gasteiger partial charge in [0, 0.05) is 22.7 Å². The molecule has 3 aliphatic rings. The second-order valence-corrected chi connectivity index (χ2v) is 12.6. The first-order chi connectivity index (χ1) is 17.7. The maximum absolute atomic E-state index is 13.9. The average molecular weight is 659 g/mol. The normalized spacial score (nSPS) is 29.2.